The van der Waals surface area contributed by atoms with Crippen molar-refractivity contribution in [2.24, 2.45) is 0 Å². The summed E-state index contributed by atoms with van der Waals surface area (Å²) in [6.45, 7) is 4.03. The number of carbonyl (C=O) groups excluding carboxylic acids is 1. The van der Waals surface area contributed by atoms with Gasteiger partial charge in [0.15, 0.2) is 0 Å². The van der Waals surface area contributed by atoms with Crippen LogP contribution in [0.4, 0.5) is 9.18 Å². The van der Waals surface area contributed by atoms with E-state index in [0.29, 0.717) is 38.1 Å². The van der Waals surface area contributed by atoms with E-state index < -0.39 is 11.5 Å². The van der Waals surface area contributed by atoms with Gasteiger partial charge in [-0.3, -0.25) is 4.79 Å². The fourth-order valence-corrected chi connectivity index (χ4v) is 3.55. The first-order valence-corrected chi connectivity index (χ1v) is 8.72. The van der Waals surface area contributed by atoms with Gasteiger partial charge in [-0.2, -0.15) is 0 Å². The van der Waals surface area contributed by atoms with Crippen LogP contribution < -0.4 is 0 Å². The Morgan fingerprint density at radius 2 is 1.85 bits per heavy atom. The Hall–Kier alpha value is -2.44. The summed E-state index contributed by atoms with van der Waals surface area (Å²) in [4.78, 5) is 25.8. The summed E-state index contributed by atoms with van der Waals surface area (Å²) in [7, 11) is 1.71. The number of halogens is 1. The zero-order valence-electron chi connectivity index (χ0n) is 15.5. The zero-order chi connectivity index (χ0) is 19.5. The average molecular weight is 363 g/mol. The minimum atomic E-state index is -0.964. The van der Waals surface area contributed by atoms with Gasteiger partial charge in [0.25, 0.3) is 0 Å². The Morgan fingerprint density at radius 1 is 1.31 bits per heavy atom. The van der Waals surface area contributed by atoms with Gasteiger partial charge < -0.3 is 20.3 Å². The van der Waals surface area contributed by atoms with Crippen molar-refractivity contribution in [2.45, 2.75) is 44.6 Å². The van der Waals surface area contributed by atoms with Crippen LogP contribution in [0.2, 0.25) is 0 Å². The molecule has 0 saturated carbocycles. The molecule has 1 fully saturated rings. The summed E-state index contributed by atoms with van der Waals surface area (Å²) in [6, 6.07) is 5.96. The number of benzene rings is 1. The van der Waals surface area contributed by atoms with Crippen molar-refractivity contribution in [3.05, 3.63) is 35.6 Å². The largest absolute Gasteiger partial charge is 0.465 e. The highest BCUT2D eigenvalue weighted by molar-refractivity contribution is 5.93. The van der Waals surface area contributed by atoms with Crippen molar-refractivity contribution in [3.8, 4) is 0 Å². The zero-order valence-corrected chi connectivity index (χ0v) is 15.5. The van der Waals surface area contributed by atoms with E-state index in [0.717, 1.165) is 5.56 Å². The number of likely N-dealkylation sites (tertiary alicyclic amines) is 1. The summed E-state index contributed by atoms with van der Waals surface area (Å²) in [6.07, 6.45) is 0.370. The molecule has 2 N–H and O–H groups in total. The summed E-state index contributed by atoms with van der Waals surface area (Å²) in [5.41, 5.74) is 0.646. The number of carbonyl (C=O) groups is 2. The van der Waals surface area contributed by atoms with E-state index in [1.54, 1.807) is 24.1 Å². The number of carboxylic acid groups (broad SMARTS) is 1. The molecule has 1 aromatic rings. The van der Waals surface area contributed by atoms with E-state index in [9.17, 15) is 19.1 Å². The van der Waals surface area contributed by atoms with E-state index in [2.05, 4.69) is 0 Å². The molecule has 0 spiro atoms. The third kappa shape index (κ3) is 4.03. The van der Waals surface area contributed by atoms with Gasteiger partial charge in [-0.1, -0.05) is 12.1 Å². The van der Waals surface area contributed by atoms with Crippen molar-refractivity contribution < 1.29 is 19.1 Å². The smallest absolute Gasteiger partial charge is 0.407 e. The number of amides is 2. The van der Waals surface area contributed by atoms with Gasteiger partial charge in [0.05, 0.1) is 0 Å². The predicted molar refractivity (Wildman–Crippen MR) is 97.2 cm³/mol. The van der Waals surface area contributed by atoms with Crippen LogP contribution in [0.25, 0.3) is 0 Å². The van der Waals surface area contributed by atoms with Crippen molar-refractivity contribution in [1.29, 1.82) is 5.41 Å². The molecule has 0 unspecified atom stereocenters. The highest BCUT2D eigenvalue weighted by Gasteiger charge is 2.41. The van der Waals surface area contributed by atoms with Crippen LogP contribution in [0.15, 0.2) is 24.3 Å². The quantitative estimate of drug-likeness (QED) is 0.788. The maximum atomic E-state index is 13.4. The second-order valence-corrected chi connectivity index (χ2v) is 7.02. The summed E-state index contributed by atoms with van der Waals surface area (Å²) >= 11 is 0. The molecule has 1 aliphatic heterocycles. The van der Waals surface area contributed by atoms with Gasteiger partial charge in [-0.25, -0.2) is 9.18 Å². The lowest BCUT2D eigenvalue weighted by atomic mass is 9.68. The number of rotatable bonds is 5. The topological polar surface area (TPSA) is 84.7 Å². The van der Waals surface area contributed by atoms with Crippen molar-refractivity contribution in [1.82, 2.24) is 9.80 Å². The fraction of sp³-hybridized carbons (Fsp3) is 0.526. The first kappa shape index (κ1) is 19.9. The Kier molecular flexibility index (Phi) is 6.00. The highest BCUT2D eigenvalue weighted by Crippen LogP contribution is 2.38. The molecule has 1 aliphatic rings. The summed E-state index contributed by atoms with van der Waals surface area (Å²) in [5.74, 6) is -0.412. The Morgan fingerprint density at radius 3 is 2.31 bits per heavy atom. The normalized spacial score (nSPS) is 17.5. The molecule has 1 saturated heterocycles. The second-order valence-electron chi connectivity index (χ2n) is 7.02. The Labute approximate surface area is 153 Å². The minimum absolute atomic E-state index is 0.0678. The molecule has 142 valence electrons. The highest BCUT2D eigenvalue weighted by atomic mass is 19.1. The van der Waals surface area contributed by atoms with Gasteiger partial charge in [-0.05, 0) is 37.5 Å². The number of hydrogen-bond donors (Lipinski definition) is 2. The molecule has 0 bridgehead atoms. The van der Waals surface area contributed by atoms with Gasteiger partial charge >= 0.3 is 6.09 Å². The summed E-state index contributed by atoms with van der Waals surface area (Å²) in [5, 5.41) is 18.0. The van der Waals surface area contributed by atoms with E-state index in [1.165, 1.54) is 24.0 Å². The van der Waals surface area contributed by atoms with Crippen LogP contribution in [0, 0.1) is 11.2 Å². The molecule has 1 heterocycles. The minimum Gasteiger partial charge on any atom is -0.465 e. The lowest BCUT2D eigenvalue weighted by Crippen LogP contribution is -2.50. The van der Waals surface area contributed by atoms with E-state index >= 15 is 0 Å². The number of nitrogens with zero attached hydrogens (tertiary/aromatic N) is 2. The molecular formula is C19H26FN3O3. The van der Waals surface area contributed by atoms with Crippen LogP contribution in [0.5, 0.6) is 0 Å². The molecule has 1 atom stereocenters. The maximum Gasteiger partial charge on any atom is 0.407 e. The first-order chi connectivity index (χ1) is 12.2. The lowest BCUT2D eigenvalue weighted by Gasteiger charge is -2.43. The van der Waals surface area contributed by atoms with Crippen LogP contribution >= 0.6 is 0 Å². The van der Waals surface area contributed by atoms with Gasteiger partial charge in [0, 0.05) is 50.7 Å². The van der Waals surface area contributed by atoms with Crippen LogP contribution in [0.1, 0.15) is 38.7 Å². The number of hydrogen-bond acceptors (Lipinski definition) is 3. The number of nitrogens with one attached hydrogen (secondary N) is 1. The fourth-order valence-electron chi connectivity index (χ4n) is 3.55. The van der Waals surface area contributed by atoms with Crippen LogP contribution in [-0.4, -0.2) is 58.8 Å². The van der Waals surface area contributed by atoms with Crippen molar-refractivity contribution in [3.63, 3.8) is 0 Å². The maximum absolute atomic E-state index is 13.4. The van der Waals surface area contributed by atoms with E-state index in [1.807, 2.05) is 6.92 Å². The van der Waals surface area contributed by atoms with Crippen LogP contribution in [-0.2, 0) is 10.2 Å². The molecule has 26 heavy (non-hydrogen) atoms. The molecule has 6 nitrogen and oxygen atoms in total. The Balaban J connectivity index is 2.29. The molecular weight excluding hydrogens is 337 g/mol. The van der Waals surface area contributed by atoms with Crippen molar-refractivity contribution in [2.75, 3.05) is 20.1 Å². The van der Waals surface area contributed by atoms with Gasteiger partial charge in [0.1, 0.15) is 5.82 Å². The summed E-state index contributed by atoms with van der Waals surface area (Å²) < 4.78 is 13.4. The third-order valence-electron chi connectivity index (χ3n) is 5.52. The molecule has 0 radical (unpaired) electrons. The average Bonchev–Trinajstić information content (AvgIpc) is 2.61. The predicted octanol–water partition coefficient (Wildman–Crippen LogP) is 3.11. The Bertz CT molecular complexity index is 682. The standard InChI is InChI=1S/C19H26FN3O3/c1-13(22(3)14(2)24)12-17(21)19(15-4-6-16(20)7-5-15)8-10-23(11-9-19)18(25)26/h4-7,13,21H,8-12H2,1-3H3,(H,25,26)/t13-/m1/s1. The lowest BCUT2D eigenvalue weighted by molar-refractivity contribution is -0.129. The second kappa shape index (κ2) is 7.85. The number of piperidine rings is 1. The van der Waals surface area contributed by atoms with E-state index in [-0.39, 0.29) is 17.8 Å². The molecule has 0 aromatic heterocycles. The van der Waals surface area contributed by atoms with Crippen molar-refractivity contribution >= 4 is 17.7 Å². The van der Waals surface area contributed by atoms with Gasteiger partial charge in [-0.15, -0.1) is 0 Å². The molecule has 2 rings (SSSR count). The molecule has 0 aliphatic carbocycles. The van der Waals surface area contributed by atoms with E-state index in [4.69, 9.17) is 5.41 Å². The molecule has 7 heteroatoms. The van der Waals surface area contributed by atoms with Crippen LogP contribution in [0.3, 0.4) is 0 Å². The third-order valence-corrected chi connectivity index (χ3v) is 5.52. The monoisotopic (exact) mass is 363 g/mol. The first-order valence-electron chi connectivity index (χ1n) is 8.72. The molecule has 1 aromatic carbocycles. The SMILES string of the molecule is CC(=O)N(C)[C@H](C)CC(=N)C1(c2ccc(F)cc2)CCN(C(=O)O)CC1. The molecule has 2 amide bonds. The van der Waals surface area contributed by atoms with Gasteiger partial charge in [0.2, 0.25) is 5.91 Å².